The Morgan fingerprint density at radius 1 is 1.35 bits per heavy atom. The van der Waals surface area contributed by atoms with Gasteiger partial charge in [0.25, 0.3) is 0 Å². The van der Waals surface area contributed by atoms with Crippen molar-refractivity contribution in [2.75, 3.05) is 20.6 Å². The normalized spacial score (nSPS) is 16.9. The third-order valence-corrected chi connectivity index (χ3v) is 3.15. The largest absolute Gasteiger partial charge is 0.344 e. The van der Waals surface area contributed by atoms with Gasteiger partial charge in [-0.2, -0.15) is 0 Å². The smallest absolute Gasteiger partial charge is 0.225 e. The predicted octanol–water partition coefficient (Wildman–Crippen LogP) is 2.52. The Morgan fingerprint density at radius 3 is 2.12 bits per heavy atom. The van der Waals surface area contributed by atoms with Crippen LogP contribution in [0.1, 0.15) is 47.5 Å². The molecule has 1 atom stereocenters. The lowest BCUT2D eigenvalue weighted by Gasteiger charge is -2.33. The lowest BCUT2D eigenvalue weighted by atomic mass is 9.86. The van der Waals surface area contributed by atoms with E-state index in [0.29, 0.717) is 17.9 Å². The molecule has 0 radical (unpaired) electrons. The molecule has 1 fully saturated rings. The molecule has 1 rings (SSSR count). The summed E-state index contributed by atoms with van der Waals surface area (Å²) in [4.78, 5) is 13.7. The van der Waals surface area contributed by atoms with Crippen molar-refractivity contribution in [1.82, 2.24) is 10.2 Å². The summed E-state index contributed by atoms with van der Waals surface area (Å²) in [5.74, 6) is 0.645. The molecule has 1 aliphatic rings. The van der Waals surface area contributed by atoms with E-state index in [9.17, 15) is 4.79 Å². The maximum absolute atomic E-state index is 11.8. The highest BCUT2D eigenvalue weighted by atomic mass is 16.2. The Hall–Kier alpha value is -0.570. The summed E-state index contributed by atoms with van der Waals surface area (Å²) in [5, 5.41) is 3.29. The molecule has 1 saturated carbocycles. The second kappa shape index (κ2) is 7.00. The maximum atomic E-state index is 11.8. The van der Waals surface area contributed by atoms with Gasteiger partial charge in [-0.1, -0.05) is 34.6 Å². The molecule has 3 nitrogen and oxygen atoms in total. The van der Waals surface area contributed by atoms with Crippen LogP contribution in [0.25, 0.3) is 0 Å². The van der Waals surface area contributed by atoms with Crippen LogP contribution in [0, 0.1) is 11.3 Å². The van der Waals surface area contributed by atoms with E-state index in [4.69, 9.17) is 0 Å². The zero-order valence-electron chi connectivity index (χ0n) is 12.6. The van der Waals surface area contributed by atoms with Crippen LogP contribution in [0.15, 0.2) is 0 Å². The first kappa shape index (κ1) is 16.4. The Bertz CT molecular complexity index is 229. The summed E-state index contributed by atoms with van der Waals surface area (Å²) >= 11 is 0. The highest BCUT2D eigenvalue weighted by Gasteiger charge is 2.34. The van der Waals surface area contributed by atoms with Crippen molar-refractivity contribution in [3.63, 3.8) is 0 Å². The summed E-state index contributed by atoms with van der Waals surface area (Å²) < 4.78 is 0. The highest BCUT2D eigenvalue weighted by molar-refractivity contribution is 5.80. The molecule has 1 aliphatic carbocycles. The average Bonchev–Trinajstić information content (AvgIpc) is 3.09. The number of amides is 1. The lowest BCUT2D eigenvalue weighted by Crippen LogP contribution is -2.47. The van der Waals surface area contributed by atoms with Crippen molar-refractivity contribution in [2.24, 2.45) is 11.3 Å². The van der Waals surface area contributed by atoms with Gasteiger partial charge in [-0.05, 0) is 25.3 Å². The molecule has 3 heteroatoms. The summed E-state index contributed by atoms with van der Waals surface area (Å²) in [6.07, 6.45) is 2.17. The van der Waals surface area contributed by atoms with E-state index in [1.54, 1.807) is 0 Å². The molecule has 0 aliphatic heterocycles. The third kappa shape index (κ3) is 5.53. The van der Waals surface area contributed by atoms with Gasteiger partial charge in [0.15, 0.2) is 0 Å². The minimum absolute atomic E-state index is 0.187. The molecule has 102 valence electrons. The first-order valence-electron chi connectivity index (χ1n) is 6.78. The van der Waals surface area contributed by atoms with E-state index in [2.05, 4.69) is 26.1 Å². The van der Waals surface area contributed by atoms with Crippen molar-refractivity contribution in [3.8, 4) is 0 Å². The molecule has 1 N–H and O–H groups in total. The number of nitrogens with one attached hydrogen (secondary N) is 1. The number of rotatable bonds is 4. The topological polar surface area (TPSA) is 32.3 Å². The number of hydrogen-bond acceptors (Lipinski definition) is 2. The molecule has 1 unspecified atom stereocenters. The SMILES string of the molecule is CC.CNC(CN(C)C(=O)C1CC1)C(C)(C)C. The van der Waals surface area contributed by atoms with Gasteiger partial charge in [-0.15, -0.1) is 0 Å². The van der Waals surface area contributed by atoms with Gasteiger partial charge in [-0.25, -0.2) is 0 Å². The van der Waals surface area contributed by atoms with Crippen molar-refractivity contribution >= 4 is 5.91 Å². The van der Waals surface area contributed by atoms with Crippen molar-refractivity contribution in [3.05, 3.63) is 0 Å². The van der Waals surface area contributed by atoms with Crippen LogP contribution in [0.2, 0.25) is 0 Å². The zero-order chi connectivity index (χ0) is 13.6. The molecule has 0 saturated heterocycles. The van der Waals surface area contributed by atoms with Gasteiger partial charge in [0.1, 0.15) is 0 Å². The monoisotopic (exact) mass is 242 g/mol. The molecule has 0 heterocycles. The molecular formula is C14H30N2O. The zero-order valence-corrected chi connectivity index (χ0v) is 12.6. The van der Waals surface area contributed by atoms with E-state index in [0.717, 1.165) is 19.4 Å². The number of nitrogens with zero attached hydrogens (tertiary/aromatic N) is 1. The van der Waals surface area contributed by atoms with Crippen LogP contribution in [0.3, 0.4) is 0 Å². The van der Waals surface area contributed by atoms with Crippen LogP contribution in [0.4, 0.5) is 0 Å². The highest BCUT2D eigenvalue weighted by Crippen LogP contribution is 2.31. The Labute approximate surface area is 107 Å². The van der Waals surface area contributed by atoms with Crippen LogP contribution in [-0.4, -0.2) is 37.5 Å². The summed E-state index contributed by atoms with van der Waals surface area (Å²) in [5.41, 5.74) is 0.187. The van der Waals surface area contributed by atoms with Gasteiger partial charge in [0.2, 0.25) is 5.91 Å². The average molecular weight is 242 g/mol. The molecule has 0 spiro atoms. The van der Waals surface area contributed by atoms with Gasteiger partial charge in [0.05, 0.1) is 0 Å². The summed E-state index contributed by atoms with van der Waals surface area (Å²) in [6, 6.07) is 0.352. The first-order valence-corrected chi connectivity index (χ1v) is 6.78. The molecule has 17 heavy (non-hydrogen) atoms. The second-order valence-electron chi connectivity index (χ2n) is 5.70. The molecule has 0 aromatic carbocycles. The van der Waals surface area contributed by atoms with Gasteiger partial charge < -0.3 is 10.2 Å². The number of carbonyl (C=O) groups excluding carboxylic acids is 1. The van der Waals surface area contributed by atoms with Gasteiger partial charge in [0, 0.05) is 25.6 Å². The van der Waals surface area contributed by atoms with E-state index in [1.807, 2.05) is 32.8 Å². The first-order chi connectivity index (χ1) is 7.86. The van der Waals surface area contributed by atoms with Gasteiger partial charge in [-0.3, -0.25) is 4.79 Å². The van der Waals surface area contributed by atoms with Crippen molar-refractivity contribution in [2.45, 2.75) is 53.5 Å². The number of likely N-dealkylation sites (N-methyl/N-ethyl adjacent to an activating group) is 2. The molecular weight excluding hydrogens is 212 g/mol. The Balaban J connectivity index is 0.00000121. The van der Waals surface area contributed by atoms with Gasteiger partial charge >= 0.3 is 0 Å². The lowest BCUT2D eigenvalue weighted by molar-refractivity contribution is -0.131. The third-order valence-electron chi connectivity index (χ3n) is 3.15. The fourth-order valence-electron chi connectivity index (χ4n) is 1.80. The maximum Gasteiger partial charge on any atom is 0.225 e. The molecule has 0 bridgehead atoms. The standard InChI is InChI=1S/C12H24N2O.C2H6/c1-12(2,3)10(13-4)8-14(5)11(15)9-6-7-9;1-2/h9-10,13H,6-8H2,1-5H3;1-2H3. The van der Waals surface area contributed by atoms with Crippen LogP contribution >= 0.6 is 0 Å². The molecule has 1 amide bonds. The van der Waals surface area contributed by atoms with E-state index in [-0.39, 0.29) is 5.41 Å². The van der Waals surface area contributed by atoms with E-state index in [1.165, 1.54) is 0 Å². The van der Waals surface area contributed by atoms with E-state index >= 15 is 0 Å². The Kier molecular flexibility index (Phi) is 6.76. The second-order valence-corrected chi connectivity index (χ2v) is 5.70. The number of carbonyl (C=O) groups is 1. The quantitative estimate of drug-likeness (QED) is 0.821. The minimum Gasteiger partial charge on any atom is -0.344 e. The fourth-order valence-corrected chi connectivity index (χ4v) is 1.80. The Morgan fingerprint density at radius 2 is 1.82 bits per heavy atom. The molecule has 0 aromatic heterocycles. The van der Waals surface area contributed by atoms with Crippen molar-refractivity contribution in [1.29, 1.82) is 0 Å². The number of hydrogen-bond donors (Lipinski definition) is 1. The summed E-state index contributed by atoms with van der Waals surface area (Å²) in [6.45, 7) is 11.4. The van der Waals surface area contributed by atoms with E-state index < -0.39 is 0 Å². The predicted molar refractivity (Wildman–Crippen MR) is 74.0 cm³/mol. The van der Waals surface area contributed by atoms with Crippen LogP contribution < -0.4 is 5.32 Å². The molecule has 0 aromatic rings. The van der Waals surface area contributed by atoms with Crippen LogP contribution in [0.5, 0.6) is 0 Å². The van der Waals surface area contributed by atoms with Crippen LogP contribution in [-0.2, 0) is 4.79 Å². The van der Waals surface area contributed by atoms with Crippen molar-refractivity contribution < 1.29 is 4.79 Å². The minimum atomic E-state index is 0.187. The fraction of sp³-hybridized carbons (Fsp3) is 0.929. The summed E-state index contributed by atoms with van der Waals surface area (Å²) in [7, 11) is 3.88.